The summed E-state index contributed by atoms with van der Waals surface area (Å²) in [5.41, 5.74) is 1.67. The van der Waals surface area contributed by atoms with E-state index in [2.05, 4.69) is 29.4 Å². The Bertz CT molecular complexity index is 625. The maximum Gasteiger partial charge on any atom is 0.251 e. The van der Waals surface area contributed by atoms with Gasteiger partial charge in [-0.15, -0.1) is 0 Å². The average molecular weight is 390 g/mol. The third-order valence-electron chi connectivity index (χ3n) is 5.53. The molecule has 0 aromatic heterocycles. The number of aryl methyl sites for hydroxylation is 1. The Balaban J connectivity index is 1.77. The van der Waals surface area contributed by atoms with Crippen LogP contribution in [0.4, 0.5) is 0 Å². The van der Waals surface area contributed by atoms with E-state index in [1.165, 1.54) is 0 Å². The number of rotatable bonds is 10. The van der Waals surface area contributed by atoms with Crippen LogP contribution in [0.25, 0.3) is 0 Å². The molecule has 0 spiro atoms. The van der Waals surface area contributed by atoms with Crippen molar-refractivity contribution < 1.29 is 14.3 Å². The number of benzene rings is 1. The van der Waals surface area contributed by atoms with Crippen LogP contribution in [0.1, 0.15) is 49.0 Å². The zero-order valence-corrected chi connectivity index (χ0v) is 17.5. The van der Waals surface area contributed by atoms with Gasteiger partial charge in [0.2, 0.25) is 5.91 Å². The van der Waals surface area contributed by atoms with Crippen LogP contribution in [-0.2, 0) is 9.53 Å². The number of carbonyl (C=O) groups is 2. The Morgan fingerprint density at radius 1 is 1.14 bits per heavy atom. The molecule has 156 valence electrons. The van der Waals surface area contributed by atoms with E-state index in [-0.39, 0.29) is 18.2 Å². The predicted octanol–water partition coefficient (Wildman–Crippen LogP) is 2.37. The highest BCUT2D eigenvalue weighted by Gasteiger charge is 2.27. The number of amides is 2. The Morgan fingerprint density at radius 2 is 1.86 bits per heavy atom. The number of nitrogens with one attached hydrogen (secondary N) is 2. The first-order valence-electron chi connectivity index (χ1n) is 10.5. The summed E-state index contributed by atoms with van der Waals surface area (Å²) in [5.74, 6) is 0.396. The second-order valence-electron chi connectivity index (χ2n) is 7.47. The van der Waals surface area contributed by atoms with Crippen LogP contribution in [0.15, 0.2) is 24.3 Å². The van der Waals surface area contributed by atoms with Crippen molar-refractivity contribution in [2.45, 2.75) is 46.1 Å². The minimum absolute atomic E-state index is 0.0197. The molecule has 6 nitrogen and oxygen atoms in total. The SMILES string of the molecule is CCC(CC)C(CNC(=O)CCNC(=O)c1cccc(C)c1)N1CCOCC1. The highest BCUT2D eigenvalue weighted by molar-refractivity contribution is 5.94. The van der Waals surface area contributed by atoms with Crippen molar-refractivity contribution in [2.24, 2.45) is 5.92 Å². The van der Waals surface area contributed by atoms with Gasteiger partial charge in [0.15, 0.2) is 0 Å². The van der Waals surface area contributed by atoms with Gasteiger partial charge in [-0.05, 0) is 25.0 Å². The highest BCUT2D eigenvalue weighted by atomic mass is 16.5. The molecule has 1 unspecified atom stereocenters. The molecule has 0 bridgehead atoms. The molecule has 1 aliphatic heterocycles. The first kappa shape index (κ1) is 22.4. The third kappa shape index (κ3) is 6.91. The number of hydrogen-bond acceptors (Lipinski definition) is 4. The normalized spacial score (nSPS) is 16.0. The zero-order chi connectivity index (χ0) is 20.4. The topological polar surface area (TPSA) is 70.7 Å². The van der Waals surface area contributed by atoms with Crippen LogP contribution in [0.3, 0.4) is 0 Å². The van der Waals surface area contributed by atoms with Crippen molar-refractivity contribution >= 4 is 11.8 Å². The summed E-state index contributed by atoms with van der Waals surface area (Å²) in [7, 11) is 0. The number of morpholine rings is 1. The maximum absolute atomic E-state index is 12.3. The standard InChI is InChI=1S/C22H35N3O3/c1-4-18(5-2)20(25-11-13-28-14-12-25)16-24-21(26)9-10-23-22(27)19-8-6-7-17(3)15-19/h6-8,15,18,20H,4-5,9-14,16H2,1-3H3,(H,23,27)(H,24,26). The summed E-state index contributed by atoms with van der Waals surface area (Å²) in [4.78, 5) is 26.9. The number of carbonyl (C=O) groups excluding carboxylic acids is 2. The Morgan fingerprint density at radius 3 is 2.50 bits per heavy atom. The van der Waals surface area contributed by atoms with Gasteiger partial charge in [0.05, 0.1) is 13.2 Å². The first-order valence-corrected chi connectivity index (χ1v) is 10.5. The van der Waals surface area contributed by atoms with Crippen molar-refractivity contribution in [3.8, 4) is 0 Å². The fourth-order valence-electron chi connectivity index (χ4n) is 3.82. The predicted molar refractivity (Wildman–Crippen MR) is 111 cm³/mol. The van der Waals surface area contributed by atoms with Crippen LogP contribution < -0.4 is 10.6 Å². The summed E-state index contributed by atoms with van der Waals surface area (Å²) >= 11 is 0. The minimum Gasteiger partial charge on any atom is -0.379 e. The van der Waals surface area contributed by atoms with E-state index in [0.717, 1.165) is 44.7 Å². The van der Waals surface area contributed by atoms with Gasteiger partial charge in [0, 0.05) is 44.2 Å². The van der Waals surface area contributed by atoms with Crippen molar-refractivity contribution in [2.75, 3.05) is 39.4 Å². The number of ether oxygens (including phenoxy) is 1. The summed E-state index contributed by atoms with van der Waals surface area (Å²) < 4.78 is 5.47. The molecule has 0 saturated carbocycles. The lowest BCUT2D eigenvalue weighted by Crippen LogP contribution is -2.52. The molecule has 1 saturated heterocycles. The van der Waals surface area contributed by atoms with Gasteiger partial charge in [-0.3, -0.25) is 14.5 Å². The van der Waals surface area contributed by atoms with E-state index < -0.39 is 0 Å². The monoisotopic (exact) mass is 389 g/mol. The number of nitrogens with zero attached hydrogens (tertiary/aromatic N) is 1. The fraction of sp³-hybridized carbons (Fsp3) is 0.636. The van der Waals surface area contributed by atoms with Gasteiger partial charge in [0.25, 0.3) is 5.91 Å². The lowest BCUT2D eigenvalue weighted by atomic mass is 9.92. The van der Waals surface area contributed by atoms with Gasteiger partial charge in [0.1, 0.15) is 0 Å². The average Bonchev–Trinajstić information content (AvgIpc) is 2.71. The molecule has 28 heavy (non-hydrogen) atoms. The van der Waals surface area contributed by atoms with Gasteiger partial charge >= 0.3 is 0 Å². The van der Waals surface area contributed by atoms with Crippen molar-refractivity contribution in [1.82, 2.24) is 15.5 Å². The van der Waals surface area contributed by atoms with Crippen LogP contribution in [0, 0.1) is 12.8 Å². The summed E-state index contributed by atoms with van der Waals surface area (Å²) in [6.07, 6.45) is 2.48. The highest BCUT2D eigenvalue weighted by Crippen LogP contribution is 2.19. The van der Waals surface area contributed by atoms with Crippen LogP contribution >= 0.6 is 0 Å². The van der Waals surface area contributed by atoms with E-state index in [0.29, 0.717) is 30.6 Å². The molecule has 1 aromatic rings. The van der Waals surface area contributed by atoms with Gasteiger partial charge in [-0.2, -0.15) is 0 Å². The molecule has 1 aliphatic rings. The fourth-order valence-corrected chi connectivity index (χ4v) is 3.82. The van der Waals surface area contributed by atoms with Crippen LogP contribution in [0.5, 0.6) is 0 Å². The zero-order valence-electron chi connectivity index (χ0n) is 17.5. The first-order chi connectivity index (χ1) is 13.5. The Hall–Kier alpha value is -1.92. The van der Waals surface area contributed by atoms with E-state index >= 15 is 0 Å². The minimum atomic E-state index is -0.139. The van der Waals surface area contributed by atoms with E-state index in [9.17, 15) is 9.59 Å². The van der Waals surface area contributed by atoms with Gasteiger partial charge in [-0.1, -0.05) is 44.4 Å². The molecular formula is C22H35N3O3. The molecule has 1 fully saturated rings. The molecule has 1 atom stereocenters. The molecule has 6 heteroatoms. The van der Waals surface area contributed by atoms with Crippen molar-refractivity contribution in [1.29, 1.82) is 0 Å². The summed E-state index contributed by atoms with van der Waals surface area (Å²) in [6.45, 7) is 10.7. The van der Waals surface area contributed by atoms with E-state index in [4.69, 9.17) is 4.74 Å². The van der Waals surface area contributed by atoms with Gasteiger partial charge < -0.3 is 15.4 Å². The lowest BCUT2D eigenvalue weighted by molar-refractivity contribution is -0.121. The van der Waals surface area contributed by atoms with E-state index in [1.54, 1.807) is 6.07 Å². The second kappa shape index (κ2) is 11.8. The van der Waals surface area contributed by atoms with Gasteiger partial charge in [-0.25, -0.2) is 0 Å². The largest absolute Gasteiger partial charge is 0.379 e. The third-order valence-corrected chi connectivity index (χ3v) is 5.53. The molecular weight excluding hydrogens is 354 g/mol. The van der Waals surface area contributed by atoms with Crippen LogP contribution in [0.2, 0.25) is 0 Å². The molecule has 0 aliphatic carbocycles. The molecule has 2 amide bonds. The van der Waals surface area contributed by atoms with Crippen LogP contribution in [-0.4, -0.2) is 62.1 Å². The summed E-state index contributed by atoms with van der Waals surface area (Å²) in [6, 6.07) is 7.78. The van der Waals surface area contributed by atoms with Crippen molar-refractivity contribution in [3.05, 3.63) is 35.4 Å². The smallest absolute Gasteiger partial charge is 0.251 e. The van der Waals surface area contributed by atoms with Crippen molar-refractivity contribution in [3.63, 3.8) is 0 Å². The summed E-state index contributed by atoms with van der Waals surface area (Å²) in [5, 5.41) is 5.91. The Labute approximate surface area is 169 Å². The van der Waals surface area contributed by atoms with E-state index in [1.807, 2.05) is 25.1 Å². The molecule has 0 radical (unpaired) electrons. The molecule has 1 aromatic carbocycles. The second-order valence-corrected chi connectivity index (χ2v) is 7.47. The lowest BCUT2D eigenvalue weighted by Gasteiger charge is -2.38. The molecule has 1 heterocycles. The Kier molecular flexibility index (Phi) is 9.44. The number of hydrogen-bond donors (Lipinski definition) is 2. The maximum atomic E-state index is 12.3. The molecule has 2 N–H and O–H groups in total. The quantitative estimate of drug-likeness (QED) is 0.645. The molecule has 2 rings (SSSR count).